The van der Waals surface area contributed by atoms with Gasteiger partial charge >= 0.3 is 0 Å². The molecule has 102 valence electrons. The van der Waals surface area contributed by atoms with Crippen LogP contribution < -0.4 is 5.32 Å². The van der Waals surface area contributed by atoms with Crippen molar-refractivity contribution in [1.29, 1.82) is 0 Å². The lowest BCUT2D eigenvalue weighted by molar-refractivity contribution is 0.129. The van der Waals surface area contributed by atoms with Gasteiger partial charge in [-0.05, 0) is 26.3 Å². The molecule has 1 aromatic heterocycles. The molecule has 18 heavy (non-hydrogen) atoms. The molecule has 2 heterocycles. The maximum absolute atomic E-state index is 4.26. The van der Waals surface area contributed by atoms with Crippen LogP contribution in [-0.2, 0) is 13.6 Å². The standard InChI is InChI=1S/C13H25N5/c1-5-11-8-18(7-6-12(11)14-3)9-13-16-15-10(2)17(13)4/h11-12,14H,5-9H2,1-4H3. The molecule has 1 fully saturated rings. The van der Waals surface area contributed by atoms with Crippen molar-refractivity contribution in [3.05, 3.63) is 11.6 Å². The zero-order valence-electron chi connectivity index (χ0n) is 12.0. The summed E-state index contributed by atoms with van der Waals surface area (Å²) >= 11 is 0. The highest BCUT2D eigenvalue weighted by atomic mass is 15.3. The van der Waals surface area contributed by atoms with E-state index in [9.17, 15) is 0 Å². The Kier molecular flexibility index (Phi) is 4.35. The van der Waals surface area contributed by atoms with Crippen LogP contribution in [0.15, 0.2) is 0 Å². The van der Waals surface area contributed by atoms with Crippen LogP contribution in [0.1, 0.15) is 31.4 Å². The zero-order valence-corrected chi connectivity index (χ0v) is 12.0. The highest BCUT2D eigenvalue weighted by Gasteiger charge is 2.27. The molecule has 0 amide bonds. The van der Waals surface area contributed by atoms with Crippen molar-refractivity contribution < 1.29 is 0 Å². The van der Waals surface area contributed by atoms with Crippen LogP contribution in [0, 0.1) is 12.8 Å². The van der Waals surface area contributed by atoms with Crippen molar-refractivity contribution in [3.8, 4) is 0 Å². The molecular formula is C13H25N5. The predicted molar refractivity (Wildman–Crippen MR) is 72.3 cm³/mol. The van der Waals surface area contributed by atoms with Gasteiger partial charge in [-0.3, -0.25) is 4.90 Å². The van der Waals surface area contributed by atoms with E-state index in [0.717, 1.165) is 37.2 Å². The van der Waals surface area contributed by atoms with E-state index in [0.29, 0.717) is 6.04 Å². The molecule has 2 rings (SSSR count). The Hall–Kier alpha value is -0.940. The van der Waals surface area contributed by atoms with Crippen LogP contribution in [0.2, 0.25) is 0 Å². The monoisotopic (exact) mass is 251 g/mol. The summed E-state index contributed by atoms with van der Waals surface area (Å²) < 4.78 is 2.09. The largest absolute Gasteiger partial charge is 0.317 e. The third-order valence-corrected chi connectivity index (χ3v) is 4.26. The molecule has 0 aliphatic carbocycles. The number of nitrogens with zero attached hydrogens (tertiary/aromatic N) is 4. The number of hydrogen-bond acceptors (Lipinski definition) is 4. The first kappa shape index (κ1) is 13.5. The fraction of sp³-hybridized carbons (Fsp3) is 0.846. The third-order valence-electron chi connectivity index (χ3n) is 4.26. The van der Waals surface area contributed by atoms with Gasteiger partial charge in [0.05, 0.1) is 6.54 Å². The van der Waals surface area contributed by atoms with Crippen LogP contribution >= 0.6 is 0 Å². The fourth-order valence-corrected chi connectivity index (χ4v) is 2.83. The summed E-state index contributed by atoms with van der Waals surface area (Å²) in [4.78, 5) is 2.51. The molecule has 2 unspecified atom stereocenters. The second kappa shape index (κ2) is 5.80. The number of rotatable bonds is 4. The van der Waals surface area contributed by atoms with E-state index < -0.39 is 0 Å². The van der Waals surface area contributed by atoms with Crippen molar-refractivity contribution in [2.75, 3.05) is 20.1 Å². The molecule has 0 aromatic carbocycles. The van der Waals surface area contributed by atoms with E-state index in [1.54, 1.807) is 0 Å². The Labute approximate surface area is 110 Å². The van der Waals surface area contributed by atoms with E-state index in [1.807, 2.05) is 14.0 Å². The van der Waals surface area contributed by atoms with Gasteiger partial charge in [0.15, 0.2) is 0 Å². The highest BCUT2D eigenvalue weighted by molar-refractivity contribution is 4.94. The Balaban J connectivity index is 1.97. The lowest BCUT2D eigenvalue weighted by Gasteiger charge is -2.37. The SMILES string of the molecule is CCC1CN(Cc2nnc(C)n2C)CCC1NC. The molecule has 0 bridgehead atoms. The average Bonchev–Trinajstić information content (AvgIpc) is 2.70. The van der Waals surface area contributed by atoms with Gasteiger partial charge in [-0.25, -0.2) is 0 Å². The van der Waals surface area contributed by atoms with Gasteiger partial charge in [0, 0.05) is 26.2 Å². The third kappa shape index (κ3) is 2.72. The molecular weight excluding hydrogens is 226 g/mol. The molecule has 1 aromatic rings. The Bertz CT molecular complexity index is 387. The summed E-state index contributed by atoms with van der Waals surface area (Å²) in [6, 6.07) is 0.674. The number of hydrogen-bond donors (Lipinski definition) is 1. The smallest absolute Gasteiger partial charge is 0.146 e. The van der Waals surface area contributed by atoms with Crippen LogP contribution in [0.4, 0.5) is 0 Å². The summed E-state index contributed by atoms with van der Waals surface area (Å²) in [7, 11) is 4.12. The molecule has 0 radical (unpaired) electrons. The van der Waals surface area contributed by atoms with Gasteiger partial charge in [0.25, 0.3) is 0 Å². The number of aryl methyl sites for hydroxylation is 1. The Morgan fingerprint density at radius 3 is 2.72 bits per heavy atom. The highest BCUT2D eigenvalue weighted by Crippen LogP contribution is 2.21. The predicted octanol–water partition coefficient (Wildman–Crippen LogP) is 0.943. The van der Waals surface area contributed by atoms with Crippen LogP contribution in [0.5, 0.6) is 0 Å². The molecule has 1 aliphatic rings. The van der Waals surface area contributed by atoms with Crippen LogP contribution in [-0.4, -0.2) is 45.8 Å². The first-order valence-corrected chi connectivity index (χ1v) is 6.90. The molecule has 2 atom stereocenters. The maximum atomic E-state index is 4.26. The van der Waals surface area contributed by atoms with Gasteiger partial charge in [0.1, 0.15) is 11.6 Å². The normalized spacial score (nSPS) is 25.6. The topological polar surface area (TPSA) is 46.0 Å². The van der Waals surface area contributed by atoms with E-state index >= 15 is 0 Å². The Morgan fingerprint density at radius 2 is 2.17 bits per heavy atom. The van der Waals surface area contributed by atoms with E-state index in [2.05, 4.69) is 39.0 Å². The molecule has 1 N–H and O–H groups in total. The maximum Gasteiger partial charge on any atom is 0.146 e. The number of piperidine rings is 1. The Morgan fingerprint density at radius 1 is 1.39 bits per heavy atom. The minimum Gasteiger partial charge on any atom is -0.317 e. The molecule has 5 heteroatoms. The number of nitrogens with one attached hydrogen (secondary N) is 1. The van der Waals surface area contributed by atoms with Crippen LogP contribution in [0.25, 0.3) is 0 Å². The van der Waals surface area contributed by atoms with E-state index in [1.165, 1.54) is 12.8 Å². The van der Waals surface area contributed by atoms with Gasteiger partial charge in [-0.15, -0.1) is 10.2 Å². The number of aromatic nitrogens is 3. The molecule has 5 nitrogen and oxygen atoms in total. The number of likely N-dealkylation sites (tertiary alicyclic amines) is 1. The average molecular weight is 251 g/mol. The first-order chi connectivity index (χ1) is 8.65. The zero-order chi connectivity index (χ0) is 13.1. The molecule has 1 aliphatic heterocycles. The summed E-state index contributed by atoms with van der Waals surface area (Å²) in [5.41, 5.74) is 0. The van der Waals surface area contributed by atoms with E-state index in [4.69, 9.17) is 0 Å². The summed E-state index contributed by atoms with van der Waals surface area (Å²) in [6.07, 6.45) is 2.46. The first-order valence-electron chi connectivity index (χ1n) is 6.90. The molecule has 0 spiro atoms. The molecule has 1 saturated heterocycles. The van der Waals surface area contributed by atoms with Gasteiger partial charge in [-0.2, -0.15) is 0 Å². The van der Waals surface area contributed by atoms with Crippen LogP contribution in [0.3, 0.4) is 0 Å². The second-order valence-electron chi connectivity index (χ2n) is 5.31. The van der Waals surface area contributed by atoms with Crippen molar-refractivity contribution in [2.24, 2.45) is 13.0 Å². The minimum absolute atomic E-state index is 0.674. The summed E-state index contributed by atoms with van der Waals surface area (Å²) in [5.74, 6) is 2.81. The van der Waals surface area contributed by atoms with Crippen molar-refractivity contribution >= 4 is 0 Å². The van der Waals surface area contributed by atoms with Crippen molar-refractivity contribution in [3.63, 3.8) is 0 Å². The summed E-state index contributed by atoms with van der Waals surface area (Å²) in [5, 5.41) is 11.8. The van der Waals surface area contributed by atoms with Crippen molar-refractivity contribution in [2.45, 2.75) is 39.3 Å². The lowest BCUT2D eigenvalue weighted by Crippen LogP contribution is -2.47. The fourth-order valence-electron chi connectivity index (χ4n) is 2.83. The second-order valence-corrected chi connectivity index (χ2v) is 5.31. The minimum atomic E-state index is 0.674. The van der Waals surface area contributed by atoms with E-state index in [-0.39, 0.29) is 0 Å². The lowest BCUT2D eigenvalue weighted by atomic mass is 9.90. The van der Waals surface area contributed by atoms with Crippen molar-refractivity contribution in [1.82, 2.24) is 25.0 Å². The molecule has 0 saturated carbocycles. The van der Waals surface area contributed by atoms with Gasteiger partial charge in [0.2, 0.25) is 0 Å². The summed E-state index contributed by atoms with van der Waals surface area (Å²) in [6.45, 7) is 7.51. The quantitative estimate of drug-likeness (QED) is 0.865. The van der Waals surface area contributed by atoms with Gasteiger partial charge < -0.3 is 9.88 Å². The van der Waals surface area contributed by atoms with Gasteiger partial charge in [-0.1, -0.05) is 13.3 Å².